The van der Waals surface area contributed by atoms with Gasteiger partial charge in [0.05, 0.1) is 17.1 Å². The standard InChI is InChI=1S/C26H33FN6O/c1-18(2)28-9-10-29-21-5-3-19(4-6-21)20-15-25-24(7-8-30-33(25)17-20)31-11-13-32(14-12-31)26(34)22-16-23(22)27/h3-8,15,17-18,22-23,28-29H,9-14,16H2,1-2H3/t22-,23+/m0/s1. The van der Waals surface area contributed by atoms with E-state index in [1.165, 1.54) is 0 Å². The van der Waals surface area contributed by atoms with Gasteiger partial charge in [-0.1, -0.05) is 26.0 Å². The van der Waals surface area contributed by atoms with E-state index in [1.807, 2.05) is 21.7 Å². The first-order valence-electron chi connectivity index (χ1n) is 12.2. The van der Waals surface area contributed by atoms with E-state index in [4.69, 9.17) is 0 Å². The van der Waals surface area contributed by atoms with Gasteiger partial charge < -0.3 is 20.4 Å². The smallest absolute Gasteiger partial charge is 0.228 e. The summed E-state index contributed by atoms with van der Waals surface area (Å²) < 4.78 is 15.2. The lowest BCUT2D eigenvalue weighted by molar-refractivity contribution is -0.133. The molecule has 8 heteroatoms. The molecule has 1 saturated carbocycles. The predicted octanol–water partition coefficient (Wildman–Crippen LogP) is 3.42. The van der Waals surface area contributed by atoms with Crippen molar-refractivity contribution >= 4 is 22.8 Å². The van der Waals surface area contributed by atoms with Crippen molar-refractivity contribution in [1.29, 1.82) is 0 Å². The summed E-state index contributed by atoms with van der Waals surface area (Å²) in [5.41, 5.74) is 5.52. The molecule has 2 aromatic heterocycles. The quantitative estimate of drug-likeness (QED) is 0.500. The Morgan fingerprint density at radius 2 is 1.82 bits per heavy atom. The van der Waals surface area contributed by atoms with Crippen LogP contribution >= 0.6 is 0 Å². The Morgan fingerprint density at radius 3 is 2.50 bits per heavy atom. The van der Waals surface area contributed by atoms with Crippen LogP contribution in [0.1, 0.15) is 20.3 Å². The molecular formula is C26H33FN6O. The number of fused-ring (bicyclic) bond motifs is 1. The van der Waals surface area contributed by atoms with Gasteiger partial charge in [0.2, 0.25) is 5.91 Å². The molecule has 1 aromatic carbocycles. The van der Waals surface area contributed by atoms with Gasteiger partial charge in [-0.2, -0.15) is 5.10 Å². The number of benzene rings is 1. The third-order valence-electron chi connectivity index (χ3n) is 6.67. The van der Waals surface area contributed by atoms with Crippen molar-refractivity contribution in [2.24, 2.45) is 5.92 Å². The Balaban J connectivity index is 1.25. The Morgan fingerprint density at radius 1 is 1.09 bits per heavy atom. The Hall–Kier alpha value is -3.13. The van der Waals surface area contributed by atoms with Gasteiger partial charge in [0.1, 0.15) is 6.17 Å². The van der Waals surface area contributed by atoms with Crippen LogP contribution in [0.25, 0.3) is 16.6 Å². The van der Waals surface area contributed by atoms with Gasteiger partial charge in [0, 0.05) is 69.0 Å². The Bertz CT molecular complexity index is 1140. The summed E-state index contributed by atoms with van der Waals surface area (Å²) in [4.78, 5) is 16.5. The largest absolute Gasteiger partial charge is 0.384 e. The topological polar surface area (TPSA) is 64.9 Å². The van der Waals surface area contributed by atoms with Crippen LogP contribution in [-0.4, -0.2) is 71.9 Å². The Labute approximate surface area is 199 Å². The maximum absolute atomic E-state index is 13.3. The summed E-state index contributed by atoms with van der Waals surface area (Å²) in [6, 6.07) is 13.2. The van der Waals surface area contributed by atoms with Crippen LogP contribution in [0.2, 0.25) is 0 Å². The SMILES string of the molecule is CC(C)NCCNc1ccc(-c2cc3c(N4CCN(C(=O)[C@H]5C[C@H]5F)CC4)ccnn3c2)cc1. The molecule has 180 valence electrons. The zero-order chi connectivity index (χ0) is 23.7. The summed E-state index contributed by atoms with van der Waals surface area (Å²) >= 11 is 0. The molecule has 1 aliphatic heterocycles. The van der Waals surface area contributed by atoms with Crippen molar-refractivity contribution in [3.8, 4) is 11.1 Å². The molecule has 3 aromatic rings. The van der Waals surface area contributed by atoms with Crippen LogP contribution in [0.3, 0.4) is 0 Å². The Kier molecular flexibility index (Phi) is 6.41. The highest BCUT2D eigenvalue weighted by Gasteiger charge is 2.46. The number of amides is 1. The van der Waals surface area contributed by atoms with E-state index in [0.29, 0.717) is 25.6 Å². The number of aromatic nitrogens is 2. The van der Waals surface area contributed by atoms with E-state index >= 15 is 0 Å². The number of alkyl halides is 1. The first-order chi connectivity index (χ1) is 16.5. The number of nitrogens with one attached hydrogen (secondary N) is 2. The number of nitrogens with zero attached hydrogens (tertiary/aromatic N) is 4. The van der Waals surface area contributed by atoms with Gasteiger partial charge in [0.25, 0.3) is 0 Å². The lowest BCUT2D eigenvalue weighted by atomic mass is 10.1. The third-order valence-corrected chi connectivity index (χ3v) is 6.67. The molecule has 2 N–H and O–H groups in total. The van der Waals surface area contributed by atoms with Gasteiger partial charge in [-0.15, -0.1) is 0 Å². The monoisotopic (exact) mass is 464 g/mol. The summed E-state index contributed by atoms with van der Waals surface area (Å²) in [6.07, 6.45) is 3.33. The van der Waals surface area contributed by atoms with E-state index in [-0.39, 0.29) is 5.91 Å². The van der Waals surface area contributed by atoms with Gasteiger partial charge >= 0.3 is 0 Å². The summed E-state index contributed by atoms with van der Waals surface area (Å²) in [7, 11) is 0. The highest BCUT2D eigenvalue weighted by molar-refractivity contribution is 5.83. The first-order valence-corrected chi connectivity index (χ1v) is 12.2. The van der Waals surface area contributed by atoms with E-state index in [9.17, 15) is 9.18 Å². The van der Waals surface area contributed by atoms with Gasteiger partial charge in [-0.3, -0.25) is 4.79 Å². The van der Waals surface area contributed by atoms with E-state index in [2.05, 4.69) is 71.0 Å². The number of halogens is 1. The normalized spacial score (nSPS) is 20.2. The highest BCUT2D eigenvalue weighted by Crippen LogP contribution is 2.36. The molecule has 0 unspecified atom stereocenters. The van der Waals surface area contributed by atoms with Crippen LogP contribution in [0, 0.1) is 5.92 Å². The minimum Gasteiger partial charge on any atom is -0.384 e. The molecule has 0 spiro atoms. The fourth-order valence-electron chi connectivity index (χ4n) is 4.60. The molecule has 5 rings (SSSR count). The van der Waals surface area contributed by atoms with Crippen LogP contribution in [0.5, 0.6) is 0 Å². The molecule has 34 heavy (non-hydrogen) atoms. The van der Waals surface area contributed by atoms with Crippen LogP contribution in [0.15, 0.2) is 48.8 Å². The molecule has 1 aliphatic carbocycles. The minimum atomic E-state index is -0.934. The number of piperazine rings is 1. The zero-order valence-corrected chi connectivity index (χ0v) is 19.9. The van der Waals surface area contributed by atoms with Gasteiger partial charge in [-0.05, 0) is 36.2 Å². The van der Waals surface area contributed by atoms with Crippen LogP contribution < -0.4 is 15.5 Å². The second-order valence-electron chi connectivity index (χ2n) is 9.56. The van der Waals surface area contributed by atoms with E-state index < -0.39 is 12.1 Å². The highest BCUT2D eigenvalue weighted by atomic mass is 19.1. The van der Waals surface area contributed by atoms with Crippen molar-refractivity contribution in [3.63, 3.8) is 0 Å². The third kappa shape index (κ3) is 4.87. The molecule has 2 fully saturated rings. The van der Waals surface area contributed by atoms with Crippen molar-refractivity contribution < 1.29 is 9.18 Å². The fourth-order valence-corrected chi connectivity index (χ4v) is 4.60. The molecule has 7 nitrogen and oxygen atoms in total. The van der Waals surface area contributed by atoms with Crippen molar-refractivity contribution in [2.45, 2.75) is 32.5 Å². The number of carbonyl (C=O) groups is 1. The minimum absolute atomic E-state index is 0.0221. The average molecular weight is 465 g/mol. The van der Waals surface area contributed by atoms with Crippen LogP contribution in [-0.2, 0) is 4.79 Å². The molecule has 3 heterocycles. The van der Waals surface area contributed by atoms with Gasteiger partial charge in [-0.25, -0.2) is 8.91 Å². The van der Waals surface area contributed by atoms with Crippen molar-refractivity contribution in [3.05, 3.63) is 48.8 Å². The van der Waals surface area contributed by atoms with Crippen molar-refractivity contribution in [2.75, 3.05) is 49.5 Å². The molecule has 1 amide bonds. The number of hydrogen-bond acceptors (Lipinski definition) is 5. The zero-order valence-electron chi connectivity index (χ0n) is 19.9. The van der Waals surface area contributed by atoms with Crippen LogP contribution in [0.4, 0.5) is 15.8 Å². The maximum atomic E-state index is 13.3. The molecule has 2 atom stereocenters. The van der Waals surface area contributed by atoms with E-state index in [0.717, 1.165) is 54.2 Å². The maximum Gasteiger partial charge on any atom is 0.228 e. The molecule has 1 saturated heterocycles. The molecule has 0 radical (unpaired) electrons. The molecule has 2 aliphatic rings. The number of carbonyl (C=O) groups excluding carboxylic acids is 1. The number of rotatable bonds is 8. The van der Waals surface area contributed by atoms with E-state index in [1.54, 1.807) is 0 Å². The number of hydrogen-bond donors (Lipinski definition) is 2. The second-order valence-corrected chi connectivity index (χ2v) is 9.56. The lowest BCUT2D eigenvalue weighted by Gasteiger charge is -2.36. The lowest BCUT2D eigenvalue weighted by Crippen LogP contribution is -2.49. The molecular weight excluding hydrogens is 431 g/mol. The first kappa shape index (κ1) is 22.7. The number of anilines is 2. The summed E-state index contributed by atoms with van der Waals surface area (Å²) in [6.45, 7) is 8.84. The predicted molar refractivity (Wildman–Crippen MR) is 134 cm³/mol. The summed E-state index contributed by atoms with van der Waals surface area (Å²) in [5, 5.41) is 11.4. The van der Waals surface area contributed by atoms with Crippen molar-refractivity contribution in [1.82, 2.24) is 19.8 Å². The second kappa shape index (κ2) is 9.62. The summed E-state index contributed by atoms with van der Waals surface area (Å²) in [5.74, 6) is -0.420. The van der Waals surface area contributed by atoms with Gasteiger partial charge in [0.15, 0.2) is 0 Å². The molecule has 0 bridgehead atoms. The fraction of sp³-hybridized carbons (Fsp3) is 0.462. The average Bonchev–Trinajstić information content (AvgIpc) is 3.42.